The van der Waals surface area contributed by atoms with E-state index in [0.717, 1.165) is 58.0 Å². The molecule has 0 atom stereocenters. The van der Waals surface area contributed by atoms with Crippen molar-refractivity contribution in [1.29, 1.82) is 0 Å². The number of benzene rings is 1. The van der Waals surface area contributed by atoms with E-state index in [1.807, 2.05) is 20.8 Å². The molecule has 2 aromatic heterocycles. The van der Waals surface area contributed by atoms with Gasteiger partial charge in [0, 0.05) is 28.9 Å². The lowest BCUT2D eigenvalue weighted by molar-refractivity contribution is 0.554. The standard InChI is InChI=1S/C19H24N2O3/c1-11-8-15(22)24-19-13(3)18-17(12(2)10-23-18)14(16(11)19)9-21-7-5-4-6-20/h8,10,21H,4-7,9,20H2,1-3H3. The van der Waals surface area contributed by atoms with Crippen molar-refractivity contribution in [1.82, 2.24) is 5.32 Å². The van der Waals surface area contributed by atoms with Crippen molar-refractivity contribution < 1.29 is 8.83 Å². The quantitative estimate of drug-likeness (QED) is 0.536. The second-order valence-corrected chi connectivity index (χ2v) is 6.35. The second-order valence-electron chi connectivity index (χ2n) is 6.35. The van der Waals surface area contributed by atoms with Crippen LogP contribution in [-0.2, 0) is 6.54 Å². The van der Waals surface area contributed by atoms with Gasteiger partial charge in [-0.25, -0.2) is 4.79 Å². The van der Waals surface area contributed by atoms with Crippen LogP contribution in [0.1, 0.15) is 35.1 Å². The Morgan fingerprint density at radius 2 is 1.83 bits per heavy atom. The van der Waals surface area contributed by atoms with Crippen LogP contribution in [0.25, 0.3) is 21.9 Å². The van der Waals surface area contributed by atoms with Crippen LogP contribution in [0.2, 0.25) is 0 Å². The number of unbranched alkanes of at least 4 members (excludes halogenated alkanes) is 1. The van der Waals surface area contributed by atoms with Gasteiger partial charge < -0.3 is 19.9 Å². The zero-order chi connectivity index (χ0) is 17.3. The molecule has 0 aliphatic rings. The lowest BCUT2D eigenvalue weighted by Crippen LogP contribution is -2.17. The fraction of sp³-hybridized carbons (Fsp3) is 0.421. The van der Waals surface area contributed by atoms with Crippen LogP contribution in [0.4, 0.5) is 0 Å². The lowest BCUT2D eigenvalue weighted by atomic mass is 9.96. The molecule has 0 unspecified atom stereocenters. The molecule has 0 radical (unpaired) electrons. The summed E-state index contributed by atoms with van der Waals surface area (Å²) in [6.45, 7) is 8.26. The molecule has 0 amide bonds. The molecule has 0 saturated carbocycles. The predicted octanol–water partition coefficient (Wildman–Crippen LogP) is 3.29. The molecular formula is C19H24N2O3. The number of aryl methyl sites for hydroxylation is 3. The summed E-state index contributed by atoms with van der Waals surface area (Å²) in [5.74, 6) is 0. The molecule has 3 rings (SSSR count). The molecule has 3 N–H and O–H groups in total. The Morgan fingerprint density at radius 3 is 2.58 bits per heavy atom. The summed E-state index contributed by atoms with van der Waals surface area (Å²) in [6.07, 6.45) is 3.82. The molecule has 1 aromatic carbocycles. The van der Waals surface area contributed by atoms with Crippen molar-refractivity contribution in [3.8, 4) is 0 Å². The Morgan fingerprint density at radius 1 is 1.08 bits per heavy atom. The summed E-state index contributed by atoms with van der Waals surface area (Å²) in [7, 11) is 0. The van der Waals surface area contributed by atoms with E-state index in [-0.39, 0.29) is 5.63 Å². The van der Waals surface area contributed by atoms with E-state index in [4.69, 9.17) is 14.6 Å². The summed E-state index contributed by atoms with van der Waals surface area (Å²) < 4.78 is 11.3. The van der Waals surface area contributed by atoms with Gasteiger partial charge in [0.2, 0.25) is 0 Å². The fourth-order valence-corrected chi connectivity index (χ4v) is 3.36. The second kappa shape index (κ2) is 6.79. The van der Waals surface area contributed by atoms with Gasteiger partial charge in [-0.15, -0.1) is 0 Å². The lowest BCUT2D eigenvalue weighted by Gasteiger charge is -2.13. The maximum absolute atomic E-state index is 11.8. The smallest absolute Gasteiger partial charge is 0.336 e. The molecule has 0 bridgehead atoms. The first kappa shape index (κ1) is 16.7. The number of hydrogen-bond donors (Lipinski definition) is 2. The molecule has 0 aliphatic carbocycles. The monoisotopic (exact) mass is 328 g/mol. The zero-order valence-corrected chi connectivity index (χ0v) is 14.5. The number of rotatable bonds is 6. The highest BCUT2D eigenvalue weighted by Gasteiger charge is 2.19. The number of hydrogen-bond acceptors (Lipinski definition) is 5. The third kappa shape index (κ3) is 2.85. The highest BCUT2D eigenvalue weighted by molar-refractivity contribution is 6.03. The maximum Gasteiger partial charge on any atom is 0.336 e. The summed E-state index contributed by atoms with van der Waals surface area (Å²) in [6, 6.07) is 1.56. The van der Waals surface area contributed by atoms with E-state index >= 15 is 0 Å². The Kier molecular flexibility index (Phi) is 4.73. The molecule has 5 heteroatoms. The van der Waals surface area contributed by atoms with E-state index < -0.39 is 0 Å². The van der Waals surface area contributed by atoms with E-state index in [1.54, 1.807) is 12.3 Å². The van der Waals surface area contributed by atoms with Crippen molar-refractivity contribution in [2.75, 3.05) is 13.1 Å². The van der Waals surface area contributed by atoms with Gasteiger partial charge in [0.15, 0.2) is 0 Å². The van der Waals surface area contributed by atoms with Crippen molar-refractivity contribution in [3.05, 3.63) is 45.0 Å². The van der Waals surface area contributed by atoms with E-state index in [0.29, 0.717) is 18.7 Å². The normalized spacial score (nSPS) is 11.7. The van der Waals surface area contributed by atoms with E-state index in [9.17, 15) is 4.79 Å². The maximum atomic E-state index is 11.8. The summed E-state index contributed by atoms with van der Waals surface area (Å²) in [4.78, 5) is 11.8. The molecule has 3 aromatic rings. The van der Waals surface area contributed by atoms with Crippen molar-refractivity contribution in [2.45, 2.75) is 40.2 Å². The van der Waals surface area contributed by atoms with Crippen LogP contribution in [0, 0.1) is 20.8 Å². The molecular weight excluding hydrogens is 304 g/mol. The van der Waals surface area contributed by atoms with Gasteiger partial charge in [0.25, 0.3) is 0 Å². The van der Waals surface area contributed by atoms with Gasteiger partial charge in [-0.05, 0) is 63.4 Å². The van der Waals surface area contributed by atoms with Gasteiger partial charge in [-0.3, -0.25) is 0 Å². The van der Waals surface area contributed by atoms with Crippen molar-refractivity contribution in [3.63, 3.8) is 0 Å². The highest BCUT2D eigenvalue weighted by Crippen LogP contribution is 2.36. The molecule has 0 saturated heterocycles. The molecule has 2 heterocycles. The van der Waals surface area contributed by atoms with Gasteiger partial charge in [-0.2, -0.15) is 0 Å². The highest BCUT2D eigenvalue weighted by atomic mass is 16.4. The molecule has 128 valence electrons. The third-order valence-corrected chi connectivity index (χ3v) is 4.53. The Balaban J connectivity index is 2.17. The first-order chi connectivity index (χ1) is 11.5. The number of nitrogens with one attached hydrogen (secondary N) is 1. The van der Waals surface area contributed by atoms with Crippen molar-refractivity contribution >= 4 is 21.9 Å². The fourth-order valence-electron chi connectivity index (χ4n) is 3.36. The SMILES string of the molecule is Cc1c2occ(C)c2c(CNCCCCN)c2c(C)cc(=O)oc12. The first-order valence-corrected chi connectivity index (χ1v) is 8.39. The van der Waals surface area contributed by atoms with Crippen molar-refractivity contribution in [2.24, 2.45) is 5.73 Å². The van der Waals surface area contributed by atoms with Crippen LogP contribution >= 0.6 is 0 Å². The summed E-state index contributed by atoms with van der Waals surface area (Å²) >= 11 is 0. The third-order valence-electron chi connectivity index (χ3n) is 4.53. The van der Waals surface area contributed by atoms with Gasteiger partial charge in [-0.1, -0.05) is 0 Å². The molecule has 0 fully saturated rings. The van der Waals surface area contributed by atoms with Crippen LogP contribution in [0.15, 0.2) is 26.0 Å². The number of fused-ring (bicyclic) bond motifs is 2. The van der Waals surface area contributed by atoms with Crippen LogP contribution in [0.5, 0.6) is 0 Å². The Bertz CT molecular complexity index is 937. The molecule has 0 aliphatic heterocycles. The average Bonchev–Trinajstić information content (AvgIpc) is 2.92. The minimum Gasteiger partial charge on any atom is -0.464 e. The van der Waals surface area contributed by atoms with Gasteiger partial charge in [0.1, 0.15) is 11.2 Å². The van der Waals surface area contributed by atoms with Crippen LogP contribution in [0.3, 0.4) is 0 Å². The predicted molar refractivity (Wildman–Crippen MR) is 96.5 cm³/mol. The zero-order valence-electron chi connectivity index (χ0n) is 14.5. The minimum atomic E-state index is -0.326. The summed E-state index contributed by atoms with van der Waals surface area (Å²) in [5, 5.41) is 5.61. The van der Waals surface area contributed by atoms with Crippen LogP contribution < -0.4 is 16.7 Å². The molecule has 5 nitrogen and oxygen atoms in total. The van der Waals surface area contributed by atoms with E-state index in [1.165, 1.54) is 0 Å². The first-order valence-electron chi connectivity index (χ1n) is 8.39. The average molecular weight is 328 g/mol. The van der Waals surface area contributed by atoms with E-state index in [2.05, 4.69) is 5.32 Å². The Hall–Kier alpha value is -2.11. The van der Waals surface area contributed by atoms with Gasteiger partial charge in [0.05, 0.1) is 6.26 Å². The number of furan rings is 1. The minimum absolute atomic E-state index is 0.326. The van der Waals surface area contributed by atoms with Crippen LogP contribution in [-0.4, -0.2) is 13.1 Å². The number of nitrogens with two attached hydrogens (primary N) is 1. The Labute approximate surface area is 140 Å². The molecule has 0 spiro atoms. The van der Waals surface area contributed by atoms with Gasteiger partial charge >= 0.3 is 5.63 Å². The molecule has 24 heavy (non-hydrogen) atoms. The topological polar surface area (TPSA) is 81.4 Å². The largest absolute Gasteiger partial charge is 0.464 e. The summed E-state index contributed by atoms with van der Waals surface area (Å²) in [5.41, 5.74) is 10.7.